The van der Waals surface area contributed by atoms with Crippen LogP contribution in [-0.2, 0) is 28.9 Å². The molecule has 0 spiro atoms. The lowest BCUT2D eigenvalue weighted by molar-refractivity contribution is 0.465. The van der Waals surface area contributed by atoms with Gasteiger partial charge in [0.1, 0.15) is 0 Å². The maximum absolute atomic E-state index is 12.4. The van der Waals surface area contributed by atoms with Crippen LogP contribution in [0.4, 0.5) is 0 Å². The van der Waals surface area contributed by atoms with E-state index in [4.69, 9.17) is 5.73 Å². The molecule has 0 aliphatic rings. The second-order valence-corrected chi connectivity index (χ2v) is 6.92. The molecule has 1 heterocycles. The van der Waals surface area contributed by atoms with Gasteiger partial charge in [0.05, 0.1) is 5.75 Å². The maximum atomic E-state index is 12.4. The number of hydrogen-bond acceptors (Lipinski definition) is 4. The molecule has 0 radical (unpaired) electrons. The predicted octanol–water partition coefficient (Wildman–Crippen LogP) is 1.50. The Balaban J connectivity index is 2.14. The molecule has 0 fully saturated rings. The van der Waals surface area contributed by atoms with Crippen LogP contribution in [0.5, 0.6) is 0 Å². The molecule has 1 aromatic carbocycles. The standard InChI is InChI=1S/C15H19N3O2S/c1-18(11-13-6-8-17-9-7-13)21(19,20)12-15-5-3-2-4-14(15)10-16/h2-9H,10-12,16H2,1H3. The van der Waals surface area contributed by atoms with Gasteiger partial charge < -0.3 is 5.73 Å². The smallest absolute Gasteiger partial charge is 0.218 e. The van der Waals surface area contributed by atoms with Gasteiger partial charge in [0.25, 0.3) is 0 Å². The molecule has 0 saturated carbocycles. The molecule has 0 amide bonds. The highest BCUT2D eigenvalue weighted by molar-refractivity contribution is 7.88. The molecule has 0 unspecified atom stereocenters. The van der Waals surface area contributed by atoms with Gasteiger partial charge in [0, 0.05) is 32.5 Å². The molecule has 0 atom stereocenters. The fraction of sp³-hybridized carbons (Fsp3) is 0.267. The Morgan fingerprint density at radius 2 is 1.71 bits per heavy atom. The zero-order valence-corrected chi connectivity index (χ0v) is 12.8. The monoisotopic (exact) mass is 305 g/mol. The van der Waals surface area contributed by atoms with Crippen molar-refractivity contribution in [2.24, 2.45) is 5.73 Å². The zero-order chi connectivity index (χ0) is 15.3. The number of sulfonamides is 1. The highest BCUT2D eigenvalue weighted by Crippen LogP contribution is 2.15. The Bertz CT molecular complexity index is 687. The minimum absolute atomic E-state index is 0.0397. The second kappa shape index (κ2) is 6.80. The lowest BCUT2D eigenvalue weighted by Gasteiger charge is -2.18. The molecule has 112 valence electrons. The molecule has 0 aliphatic heterocycles. The first kappa shape index (κ1) is 15.6. The van der Waals surface area contributed by atoms with Crippen LogP contribution >= 0.6 is 0 Å². The summed E-state index contributed by atoms with van der Waals surface area (Å²) in [4.78, 5) is 3.92. The van der Waals surface area contributed by atoms with Crippen molar-refractivity contribution in [3.05, 3.63) is 65.5 Å². The third kappa shape index (κ3) is 4.10. The van der Waals surface area contributed by atoms with Gasteiger partial charge in [0.2, 0.25) is 10.0 Å². The van der Waals surface area contributed by atoms with Crippen LogP contribution in [-0.4, -0.2) is 24.8 Å². The van der Waals surface area contributed by atoms with Crippen molar-refractivity contribution in [3.8, 4) is 0 Å². The highest BCUT2D eigenvalue weighted by atomic mass is 32.2. The summed E-state index contributed by atoms with van der Waals surface area (Å²) in [6.07, 6.45) is 3.30. The lowest BCUT2D eigenvalue weighted by atomic mass is 10.1. The quantitative estimate of drug-likeness (QED) is 0.877. The van der Waals surface area contributed by atoms with Crippen molar-refractivity contribution in [2.75, 3.05) is 7.05 Å². The van der Waals surface area contributed by atoms with Crippen LogP contribution in [0, 0.1) is 0 Å². The van der Waals surface area contributed by atoms with Gasteiger partial charge in [-0.3, -0.25) is 4.98 Å². The van der Waals surface area contributed by atoms with Gasteiger partial charge in [0.15, 0.2) is 0 Å². The average molecular weight is 305 g/mol. The predicted molar refractivity (Wildman–Crippen MR) is 82.7 cm³/mol. The van der Waals surface area contributed by atoms with Crippen LogP contribution in [0.3, 0.4) is 0 Å². The van der Waals surface area contributed by atoms with E-state index in [1.165, 1.54) is 4.31 Å². The number of hydrogen-bond donors (Lipinski definition) is 1. The summed E-state index contributed by atoms with van der Waals surface area (Å²) in [5, 5.41) is 0. The molecular weight excluding hydrogens is 286 g/mol. The van der Waals surface area contributed by atoms with Crippen LogP contribution in [0.2, 0.25) is 0 Å². The number of nitrogens with zero attached hydrogens (tertiary/aromatic N) is 2. The fourth-order valence-electron chi connectivity index (χ4n) is 2.05. The molecule has 6 heteroatoms. The summed E-state index contributed by atoms with van der Waals surface area (Å²) < 4.78 is 26.2. The van der Waals surface area contributed by atoms with E-state index in [0.29, 0.717) is 13.1 Å². The fourth-order valence-corrected chi connectivity index (χ4v) is 3.29. The van der Waals surface area contributed by atoms with Crippen molar-refractivity contribution >= 4 is 10.0 Å². The van der Waals surface area contributed by atoms with Crippen molar-refractivity contribution in [3.63, 3.8) is 0 Å². The van der Waals surface area contributed by atoms with Gasteiger partial charge in [-0.1, -0.05) is 24.3 Å². The second-order valence-electron chi connectivity index (χ2n) is 4.84. The summed E-state index contributed by atoms with van der Waals surface area (Å²) in [5.74, 6) is -0.0397. The molecule has 2 aromatic rings. The van der Waals surface area contributed by atoms with Gasteiger partial charge in [-0.25, -0.2) is 12.7 Å². The number of pyridine rings is 1. The van der Waals surface area contributed by atoms with E-state index in [0.717, 1.165) is 16.7 Å². The van der Waals surface area contributed by atoms with Crippen molar-refractivity contribution < 1.29 is 8.42 Å². The van der Waals surface area contributed by atoms with Gasteiger partial charge in [-0.15, -0.1) is 0 Å². The number of nitrogens with two attached hydrogens (primary N) is 1. The number of aromatic nitrogens is 1. The van der Waals surface area contributed by atoms with Crippen LogP contribution in [0.25, 0.3) is 0 Å². The molecule has 0 aliphatic carbocycles. The number of rotatable bonds is 6. The molecule has 2 N–H and O–H groups in total. The first-order valence-corrected chi connectivity index (χ1v) is 8.23. The van der Waals surface area contributed by atoms with Crippen molar-refractivity contribution in [2.45, 2.75) is 18.8 Å². The van der Waals surface area contributed by atoms with Gasteiger partial charge in [-0.2, -0.15) is 0 Å². The Kier molecular flexibility index (Phi) is 5.06. The van der Waals surface area contributed by atoms with E-state index in [-0.39, 0.29) is 5.75 Å². The summed E-state index contributed by atoms with van der Waals surface area (Å²) in [5.41, 5.74) is 8.17. The van der Waals surface area contributed by atoms with E-state index in [2.05, 4.69) is 4.98 Å². The Morgan fingerprint density at radius 1 is 1.10 bits per heavy atom. The van der Waals surface area contributed by atoms with Crippen LogP contribution < -0.4 is 5.73 Å². The van der Waals surface area contributed by atoms with E-state index < -0.39 is 10.0 Å². The molecule has 0 bridgehead atoms. The lowest BCUT2D eigenvalue weighted by Crippen LogP contribution is -2.28. The minimum atomic E-state index is -3.39. The van der Waals surface area contributed by atoms with Crippen molar-refractivity contribution in [1.29, 1.82) is 0 Å². The molecular formula is C15H19N3O2S. The zero-order valence-electron chi connectivity index (χ0n) is 11.9. The first-order valence-electron chi connectivity index (χ1n) is 6.62. The summed E-state index contributed by atoms with van der Waals surface area (Å²) in [6.45, 7) is 0.662. The minimum Gasteiger partial charge on any atom is -0.326 e. The normalized spacial score (nSPS) is 11.8. The molecule has 21 heavy (non-hydrogen) atoms. The highest BCUT2D eigenvalue weighted by Gasteiger charge is 2.19. The molecule has 2 rings (SSSR count). The van der Waals surface area contributed by atoms with Crippen LogP contribution in [0.1, 0.15) is 16.7 Å². The molecule has 0 saturated heterocycles. The summed E-state index contributed by atoms with van der Waals surface area (Å²) in [6, 6.07) is 11.0. The molecule has 1 aromatic heterocycles. The van der Waals surface area contributed by atoms with Gasteiger partial charge in [-0.05, 0) is 28.8 Å². The van der Waals surface area contributed by atoms with E-state index >= 15 is 0 Å². The Labute approximate surface area is 125 Å². The molecule has 5 nitrogen and oxygen atoms in total. The third-order valence-electron chi connectivity index (χ3n) is 3.31. The van der Waals surface area contributed by atoms with E-state index in [1.54, 1.807) is 37.6 Å². The van der Waals surface area contributed by atoms with Crippen LogP contribution in [0.15, 0.2) is 48.8 Å². The SMILES string of the molecule is CN(Cc1ccncc1)S(=O)(=O)Cc1ccccc1CN. The number of benzene rings is 1. The van der Waals surface area contributed by atoms with Gasteiger partial charge >= 0.3 is 0 Å². The first-order chi connectivity index (χ1) is 10.0. The Hall–Kier alpha value is -1.76. The third-order valence-corrected chi connectivity index (χ3v) is 5.06. The van der Waals surface area contributed by atoms with E-state index in [1.807, 2.05) is 18.2 Å². The Morgan fingerprint density at radius 3 is 2.33 bits per heavy atom. The maximum Gasteiger partial charge on any atom is 0.218 e. The van der Waals surface area contributed by atoms with Crippen molar-refractivity contribution in [1.82, 2.24) is 9.29 Å². The van der Waals surface area contributed by atoms with E-state index in [9.17, 15) is 8.42 Å². The average Bonchev–Trinajstić information content (AvgIpc) is 2.48. The largest absolute Gasteiger partial charge is 0.326 e. The summed E-state index contributed by atoms with van der Waals surface area (Å²) in [7, 11) is -1.80. The summed E-state index contributed by atoms with van der Waals surface area (Å²) >= 11 is 0. The topological polar surface area (TPSA) is 76.3 Å².